The van der Waals surface area contributed by atoms with Crippen LogP contribution in [0.5, 0.6) is 0 Å². The Bertz CT molecular complexity index is 583. The highest BCUT2D eigenvalue weighted by Crippen LogP contribution is 2.25. The molecule has 0 radical (unpaired) electrons. The van der Waals surface area contributed by atoms with Crippen LogP contribution in [0, 0.1) is 3.57 Å². The lowest BCUT2D eigenvalue weighted by Crippen LogP contribution is -1.79. The predicted octanol–water partition coefficient (Wildman–Crippen LogP) is 5.13. The van der Waals surface area contributed by atoms with E-state index in [4.69, 9.17) is 0 Å². The van der Waals surface area contributed by atoms with Crippen molar-refractivity contribution in [1.82, 2.24) is 9.97 Å². The van der Waals surface area contributed by atoms with Crippen molar-refractivity contribution in [2.75, 3.05) is 0 Å². The van der Waals surface area contributed by atoms with E-state index >= 15 is 0 Å². The van der Waals surface area contributed by atoms with Crippen molar-refractivity contribution in [1.29, 1.82) is 0 Å². The van der Waals surface area contributed by atoms with Gasteiger partial charge in [0.1, 0.15) is 0 Å². The zero-order valence-electron chi connectivity index (χ0n) is 10.1. The van der Waals surface area contributed by atoms with Gasteiger partial charge in [0.05, 0.1) is 0 Å². The minimum Gasteiger partial charge on any atom is -0.361 e. The van der Waals surface area contributed by atoms with Crippen molar-refractivity contribution in [2.45, 2.75) is 0 Å². The summed E-state index contributed by atoms with van der Waals surface area (Å²) in [7, 11) is 0. The van der Waals surface area contributed by atoms with E-state index in [1.807, 2.05) is 30.5 Å². The maximum atomic E-state index is 3.78. The molecule has 0 spiro atoms. The Hall–Kier alpha value is -1.14. The summed E-state index contributed by atoms with van der Waals surface area (Å²) >= 11 is 5.81. The third-order valence-corrected chi connectivity index (χ3v) is 4.73. The van der Waals surface area contributed by atoms with Gasteiger partial charge in [-0.1, -0.05) is 12.1 Å². The molecule has 0 fully saturated rings. The van der Waals surface area contributed by atoms with E-state index in [0.717, 1.165) is 10.2 Å². The molecule has 96 valence electrons. The van der Waals surface area contributed by atoms with Gasteiger partial charge in [0, 0.05) is 32.3 Å². The molecule has 1 N–H and O–H groups in total. The number of nitrogens with zero attached hydrogens (tertiary/aromatic N) is 1. The Morgan fingerprint density at radius 3 is 2.26 bits per heavy atom. The average molecular weight is 427 g/mol. The lowest BCUT2D eigenvalue weighted by Gasteiger charge is -2.00. The number of pyridine rings is 1. The minimum absolute atomic E-state index is 1.14. The molecule has 2 nitrogen and oxygen atoms in total. The van der Waals surface area contributed by atoms with Gasteiger partial charge in [0.25, 0.3) is 0 Å². The van der Waals surface area contributed by atoms with Gasteiger partial charge in [-0.15, -0.1) is 0 Å². The first-order valence-electron chi connectivity index (χ1n) is 5.71. The van der Waals surface area contributed by atoms with Crippen LogP contribution in [0.2, 0.25) is 0 Å². The molecule has 0 aliphatic carbocycles. The van der Waals surface area contributed by atoms with Gasteiger partial charge in [-0.25, -0.2) is 0 Å². The summed E-state index contributed by atoms with van der Waals surface area (Å²) < 4.78 is 2.37. The molecule has 0 amide bonds. The van der Waals surface area contributed by atoms with Gasteiger partial charge in [-0.2, -0.15) is 0 Å². The van der Waals surface area contributed by atoms with E-state index in [2.05, 4.69) is 72.8 Å². The van der Waals surface area contributed by atoms with Crippen LogP contribution in [-0.4, -0.2) is 9.97 Å². The van der Waals surface area contributed by atoms with Crippen molar-refractivity contribution in [2.24, 2.45) is 0 Å². The van der Waals surface area contributed by atoms with Crippen LogP contribution in [0.4, 0.5) is 0 Å². The van der Waals surface area contributed by atoms with Crippen LogP contribution in [0.15, 0.2) is 71.6 Å². The van der Waals surface area contributed by atoms with E-state index in [1.165, 1.54) is 9.13 Å². The molecular formula is C15H12BrIN2. The number of benzene rings is 1. The first kappa shape index (κ1) is 14.3. The molecule has 19 heavy (non-hydrogen) atoms. The van der Waals surface area contributed by atoms with Crippen LogP contribution >= 0.6 is 38.5 Å². The molecule has 0 aliphatic rings. The van der Waals surface area contributed by atoms with Gasteiger partial charge in [-0.05, 0) is 80.5 Å². The monoisotopic (exact) mass is 426 g/mol. The smallest absolute Gasteiger partial charge is 0.0454 e. The highest BCUT2D eigenvalue weighted by atomic mass is 127. The molecule has 3 rings (SSSR count). The summed E-state index contributed by atoms with van der Waals surface area (Å²) in [5.41, 5.74) is 2.36. The molecule has 4 heteroatoms. The van der Waals surface area contributed by atoms with Crippen LogP contribution in [0.1, 0.15) is 0 Å². The third kappa shape index (κ3) is 4.47. The van der Waals surface area contributed by atoms with Gasteiger partial charge < -0.3 is 4.98 Å². The topological polar surface area (TPSA) is 28.7 Å². The maximum absolute atomic E-state index is 3.78. The zero-order valence-corrected chi connectivity index (χ0v) is 13.8. The Kier molecular flexibility index (Phi) is 5.60. The first-order valence-corrected chi connectivity index (χ1v) is 7.58. The first-order chi connectivity index (χ1) is 9.27. The Morgan fingerprint density at radius 1 is 1.00 bits per heavy atom. The Labute approximate surface area is 134 Å². The van der Waals surface area contributed by atoms with Gasteiger partial charge >= 0.3 is 0 Å². The maximum Gasteiger partial charge on any atom is 0.0454 e. The quantitative estimate of drug-likeness (QED) is 0.537. The van der Waals surface area contributed by atoms with Gasteiger partial charge in [0.2, 0.25) is 0 Å². The van der Waals surface area contributed by atoms with Crippen LogP contribution in [-0.2, 0) is 0 Å². The summed E-state index contributed by atoms with van der Waals surface area (Å²) in [6, 6.07) is 16.1. The molecule has 0 bridgehead atoms. The van der Waals surface area contributed by atoms with Crippen LogP contribution in [0.3, 0.4) is 0 Å². The molecule has 3 aromatic rings. The number of H-pyrrole nitrogens is 1. The summed E-state index contributed by atoms with van der Waals surface area (Å²) in [5.74, 6) is 0. The van der Waals surface area contributed by atoms with E-state index < -0.39 is 0 Å². The standard InChI is InChI=1S/C10H7BrIN.C5H5N/c11-8-6-7(3-4-9(8)12)10-2-1-5-13-10;1-2-4-6-5-3-1/h1-6,13H;1-5H. The van der Waals surface area contributed by atoms with Crippen molar-refractivity contribution < 1.29 is 0 Å². The van der Waals surface area contributed by atoms with Crippen molar-refractivity contribution in [3.05, 3.63) is 75.2 Å². The van der Waals surface area contributed by atoms with E-state index in [1.54, 1.807) is 12.4 Å². The average Bonchev–Trinajstić information content (AvgIpc) is 2.99. The molecule has 0 saturated carbocycles. The second-order valence-electron chi connectivity index (χ2n) is 3.74. The Balaban J connectivity index is 0.000000186. The molecule has 0 unspecified atom stereocenters. The fourth-order valence-corrected chi connectivity index (χ4v) is 2.20. The number of rotatable bonds is 1. The lowest BCUT2D eigenvalue weighted by molar-refractivity contribution is 1.33. The molecule has 0 atom stereocenters. The predicted molar refractivity (Wildman–Crippen MR) is 90.9 cm³/mol. The number of aromatic nitrogens is 2. The molecule has 2 aromatic heterocycles. The zero-order chi connectivity index (χ0) is 13.5. The second-order valence-corrected chi connectivity index (χ2v) is 5.75. The minimum atomic E-state index is 1.14. The number of hydrogen-bond acceptors (Lipinski definition) is 1. The Morgan fingerprint density at radius 2 is 1.79 bits per heavy atom. The molecule has 0 saturated heterocycles. The van der Waals surface area contributed by atoms with Gasteiger partial charge in [0.15, 0.2) is 0 Å². The third-order valence-electron chi connectivity index (χ3n) is 2.40. The normalized spacial score (nSPS) is 9.58. The number of nitrogens with one attached hydrogen (secondary N) is 1. The van der Waals surface area contributed by atoms with Crippen LogP contribution < -0.4 is 0 Å². The van der Waals surface area contributed by atoms with Crippen molar-refractivity contribution in [3.8, 4) is 11.3 Å². The number of hydrogen-bond donors (Lipinski definition) is 1. The fourth-order valence-electron chi connectivity index (χ4n) is 1.49. The number of aromatic amines is 1. The SMILES string of the molecule is Brc1cc(-c2ccc[nH]2)ccc1I.c1ccncc1. The van der Waals surface area contributed by atoms with Crippen LogP contribution in [0.25, 0.3) is 11.3 Å². The summed E-state index contributed by atoms with van der Waals surface area (Å²) in [6.07, 6.45) is 5.43. The summed E-state index contributed by atoms with van der Waals surface area (Å²) in [5, 5.41) is 0. The van der Waals surface area contributed by atoms with E-state index in [0.29, 0.717) is 0 Å². The molecule has 0 aliphatic heterocycles. The fraction of sp³-hybridized carbons (Fsp3) is 0. The van der Waals surface area contributed by atoms with Gasteiger partial charge in [-0.3, -0.25) is 4.98 Å². The highest BCUT2D eigenvalue weighted by molar-refractivity contribution is 14.1. The van der Waals surface area contributed by atoms with E-state index in [9.17, 15) is 0 Å². The largest absolute Gasteiger partial charge is 0.361 e. The molecular weight excluding hydrogens is 415 g/mol. The highest BCUT2D eigenvalue weighted by Gasteiger charge is 2.00. The van der Waals surface area contributed by atoms with Crippen molar-refractivity contribution in [3.63, 3.8) is 0 Å². The summed E-state index contributed by atoms with van der Waals surface area (Å²) in [6.45, 7) is 0. The molecule has 1 aromatic carbocycles. The lowest BCUT2D eigenvalue weighted by atomic mass is 10.2. The second kappa shape index (κ2) is 7.45. The van der Waals surface area contributed by atoms with Crippen molar-refractivity contribution >= 4 is 38.5 Å². The number of halogens is 2. The molecule has 2 heterocycles. The summed E-state index contributed by atoms with van der Waals surface area (Å²) in [4.78, 5) is 6.96. The van der Waals surface area contributed by atoms with E-state index in [-0.39, 0.29) is 0 Å².